The summed E-state index contributed by atoms with van der Waals surface area (Å²) in [7, 11) is 1.84. The van der Waals surface area contributed by atoms with Gasteiger partial charge in [0.2, 0.25) is 0 Å². The quantitative estimate of drug-likeness (QED) is 0.883. The molecule has 1 amide bonds. The minimum absolute atomic E-state index is 0.0388. The molecule has 0 fully saturated rings. The van der Waals surface area contributed by atoms with Crippen LogP contribution in [0.15, 0.2) is 17.6 Å². The largest absolute Gasteiger partial charge is 0.342 e. The highest BCUT2D eigenvalue weighted by Gasteiger charge is 2.21. The molecule has 0 bridgehead atoms. The van der Waals surface area contributed by atoms with E-state index in [0.717, 1.165) is 28.5 Å². The van der Waals surface area contributed by atoms with Gasteiger partial charge in [-0.15, -0.1) is 11.3 Å². The van der Waals surface area contributed by atoms with E-state index >= 15 is 0 Å². The number of nitrogens with two attached hydrogens (primary N) is 1. The van der Waals surface area contributed by atoms with Gasteiger partial charge in [0.1, 0.15) is 0 Å². The van der Waals surface area contributed by atoms with Crippen molar-refractivity contribution in [3.05, 3.63) is 34.6 Å². The fourth-order valence-corrected chi connectivity index (χ4v) is 3.33. The Bertz CT molecular complexity index is 660. The second-order valence-electron chi connectivity index (χ2n) is 6.36. The van der Waals surface area contributed by atoms with Gasteiger partial charge in [0, 0.05) is 42.6 Å². The summed E-state index contributed by atoms with van der Waals surface area (Å²) in [4.78, 5) is 18.8. The molecule has 2 rings (SSSR count). The lowest BCUT2D eigenvalue weighted by Gasteiger charge is -2.21. The van der Waals surface area contributed by atoms with Crippen LogP contribution in [-0.4, -0.2) is 40.0 Å². The number of nitrogens with zero attached hydrogens (tertiary/aromatic N) is 3. The molecule has 0 spiro atoms. The van der Waals surface area contributed by atoms with E-state index < -0.39 is 0 Å². The highest BCUT2D eigenvalue weighted by atomic mass is 32.1. The van der Waals surface area contributed by atoms with Crippen molar-refractivity contribution < 1.29 is 4.79 Å². The molecule has 6 heteroatoms. The Balaban J connectivity index is 2.15. The average Bonchev–Trinajstić information content (AvgIpc) is 3.11. The van der Waals surface area contributed by atoms with E-state index in [1.54, 1.807) is 22.4 Å². The van der Waals surface area contributed by atoms with Crippen molar-refractivity contribution in [2.24, 2.45) is 11.7 Å². The van der Waals surface area contributed by atoms with Gasteiger partial charge in [0.25, 0.3) is 5.91 Å². The number of carbonyl (C=O) groups excluding carboxylic acids is 1. The number of hydrogen-bond donors (Lipinski definition) is 1. The summed E-state index contributed by atoms with van der Waals surface area (Å²) in [5.74, 6) is 0.463. The van der Waals surface area contributed by atoms with Gasteiger partial charge in [-0.2, -0.15) is 0 Å². The van der Waals surface area contributed by atoms with Crippen LogP contribution < -0.4 is 5.73 Å². The number of thiazole rings is 1. The van der Waals surface area contributed by atoms with E-state index in [2.05, 4.69) is 18.8 Å². The smallest absolute Gasteiger partial charge is 0.255 e. The summed E-state index contributed by atoms with van der Waals surface area (Å²) >= 11 is 1.57. The molecule has 1 atom stereocenters. The Labute approximate surface area is 142 Å². The highest BCUT2D eigenvalue weighted by Crippen LogP contribution is 2.23. The van der Waals surface area contributed by atoms with Gasteiger partial charge in [-0.3, -0.25) is 9.36 Å². The number of hydrogen-bond acceptors (Lipinski definition) is 4. The van der Waals surface area contributed by atoms with Gasteiger partial charge in [-0.05, 0) is 32.3 Å². The summed E-state index contributed by atoms with van der Waals surface area (Å²) in [6.07, 6.45) is 2.59. The predicted octanol–water partition coefficient (Wildman–Crippen LogP) is 3.00. The maximum absolute atomic E-state index is 12.7. The SMILES string of the molecule is Cc1cc(C(=O)N(C)CCC(N)C(C)C)c(C)n1-c1nccs1. The van der Waals surface area contributed by atoms with Crippen LogP contribution in [0.4, 0.5) is 0 Å². The second kappa shape index (κ2) is 7.27. The fraction of sp³-hybridized carbons (Fsp3) is 0.529. The van der Waals surface area contributed by atoms with E-state index in [4.69, 9.17) is 5.73 Å². The number of amides is 1. The first-order chi connectivity index (χ1) is 10.8. The molecular formula is C17H26N4OS. The van der Waals surface area contributed by atoms with E-state index in [1.165, 1.54) is 0 Å². The van der Waals surface area contributed by atoms with Crippen LogP contribution in [0.5, 0.6) is 0 Å². The summed E-state index contributed by atoms with van der Waals surface area (Å²) in [6.45, 7) is 8.84. The molecule has 23 heavy (non-hydrogen) atoms. The second-order valence-corrected chi connectivity index (χ2v) is 7.23. The van der Waals surface area contributed by atoms with E-state index in [0.29, 0.717) is 12.5 Å². The highest BCUT2D eigenvalue weighted by molar-refractivity contribution is 7.12. The van der Waals surface area contributed by atoms with Crippen LogP contribution in [0.1, 0.15) is 42.0 Å². The molecule has 1 unspecified atom stereocenters. The van der Waals surface area contributed by atoms with E-state index in [9.17, 15) is 4.79 Å². The van der Waals surface area contributed by atoms with Crippen LogP contribution in [0, 0.1) is 19.8 Å². The van der Waals surface area contributed by atoms with Gasteiger partial charge in [-0.1, -0.05) is 13.8 Å². The molecule has 2 aromatic heterocycles. The van der Waals surface area contributed by atoms with Crippen LogP contribution in [0.3, 0.4) is 0 Å². The normalized spacial score (nSPS) is 12.7. The Hall–Kier alpha value is -1.66. The Morgan fingerprint density at radius 1 is 1.43 bits per heavy atom. The molecule has 126 valence electrons. The molecule has 0 aliphatic heterocycles. The molecule has 0 radical (unpaired) electrons. The van der Waals surface area contributed by atoms with Crippen LogP contribution in [-0.2, 0) is 0 Å². The van der Waals surface area contributed by atoms with E-state index in [-0.39, 0.29) is 11.9 Å². The molecule has 2 aromatic rings. The molecular weight excluding hydrogens is 308 g/mol. The van der Waals surface area contributed by atoms with Crippen molar-refractivity contribution in [2.75, 3.05) is 13.6 Å². The Morgan fingerprint density at radius 3 is 2.70 bits per heavy atom. The molecule has 5 nitrogen and oxygen atoms in total. The predicted molar refractivity (Wildman–Crippen MR) is 95.3 cm³/mol. The maximum atomic E-state index is 12.7. The topological polar surface area (TPSA) is 64.2 Å². The third kappa shape index (κ3) is 3.82. The molecule has 0 aromatic carbocycles. The lowest BCUT2D eigenvalue weighted by molar-refractivity contribution is 0.0788. The number of rotatable bonds is 6. The van der Waals surface area contributed by atoms with Crippen molar-refractivity contribution in [1.29, 1.82) is 0 Å². The number of aryl methyl sites for hydroxylation is 1. The standard InChI is InChI=1S/C17H26N4OS/c1-11(2)15(18)6-8-20(5)16(22)14-10-12(3)21(13(14)4)17-19-7-9-23-17/h7,9-11,15H,6,8,18H2,1-5H3. The first kappa shape index (κ1) is 17.7. The maximum Gasteiger partial charge on any atom is 0.255 e. The molecule has 0 aliphatic rings. The molecule has 0 saturated heterocycles. The van der Waals surface area contributed by atoms with Crippen LogP contribution in [0.2, 0.25) is 0 Å². The summed E-state index contributed by atoms with van der Waals surface area (Å²) < 4.78 is 2.03. The van der Waals surface area contributed by atoms with Crippen molar-refractivity contribution in [2.45, 2.75) is 40.2 Å². The molecule has 0 saturated carbocycles. The lowest BCUT2D eigenvalue weighted by Crippen LogP contribution is -2.34. The van der Waals surface area contributed by atoms with Gasteiger partial charge >= 0.3 is 0 Å². The van der Waals surface area contributed by atoms with Crippen molar-refractivity contribution >= 4 is 17.2 Å². The van der Waals surface area contributed by atoms with Gasteiger partial charge in [-0.25, -0.2) is 4.98 Å². The monoisotopic (exact) mass is 334 g/mol. The molecule has 2 N–H and O–H groups in total. The third-order valence-electron chi connectivity index (χ3n) is 4.27. The Kier molecular flexibility index (Phi) is 5.59. The summed E-state index contributed by atoms with van der Waals surface area (Å²) in [5, 5.41) is 2.83. The van der Waals surface area contributed by atoms with Gasteiger partial charge < -0.3 is 10.6 Å². The zero-order valence-electron chi connectivity index (χ0n) is 14.5. The third-order valence-corrected chi connectivity index (χ3v) is 5.03. The van der Waals surface area contributed by atoms with Crippen molar-refractivity contribution in [1.82, 2.24) is 14.5 Å². The minimum atomic E-state index is 0.0388. The Morgan fingerprint density at radius 2 is 2.13 bits per heavy atom. The summed E-state index contributed by atoms with van der Waals surface area (Å²) in [6, 6.07) is 2.06. The van der Waals surface area contributed by atoms with Crippen molar-refractivity contribution in [3.63, 3.8) is 0 Å². The fourth-order valence-electron chi connectivity index (χ4n) is 2.58. The van der Waals surface area contributed by atoms with E-state index in [1.807, 2.05) is 36.9 Å². The molecule has 0 aliphatic carbocycles. The zero-order valence-corrected chi connectivity index (χ0v) is 15.4. The minimum Gasteiger partial charge on any atom is -0.342 e. The average molecular weight is 334 g/mol. The summed E-state index contributed by atoms with van der Waals surface area (Å²) in [5.41, 5.74) is 8.77. The number of aromatic nitrogens is 2. The first-order valence-corrected chi connectivity index (χ1v) is 8.80. The molecule has 2 heterocycles. The number of carbonyl (C=O) groups is 1. The van der Waals surface area contributed by atoms with Crippen LogP contribution >= 0.6 is 11.3 Å². The van der Waals surface area contributed by atoms with Crippen LogP contribution in [0.25, 0.3) is 5.13 Å². The van der Waals surface area contributed by atoms with Gasteiger partial charge in [0.05, 0.1) is 5.56 Å². The van der Waals surface area contributed by atoms with Gasteiger partial charge in [0.15, 0.2) is 5.13 Å². The van der Waals surface area contributed by atoms with Crippen molar-refractivity contribution in [3.8, 4) is 5.13 Å². The zero-order chi connectivity index (χ0) is 17.1. The first-order valence-electron chi connectivity index (χ1n) is 7.92. The lowest BCUT2D eigenvalue weighted by atomic mass is 10.0.